The molecule has 3 nitrogen and oxygen atoms in total. The standard InChI is InChI=1S/C16H17N3/c1-3-10-19-11(2)18-15(16(19)17)14-8-6-13(7-9-14)12-4-5-12/h1,6-9,12H,4-5,10,17H2,2H3. The van der Waals surface area contributed by atoms with Crippen molar-refractivity contribution in [2.24, 2.45) is 0 Å². The number of terminal acetylenes is 1. The number of anilines is 1. The highest BCUT2D eigenvalue weighted by molar-refractivity contribution is 5.71. The van der Waals surface area contributed by atoms with E-state index >= 15 is 0 Å². The second-order valence-electron chi connectivity index (χ2n) is 5.08. The Kier molecular flexibility index (Phi) is 2.79. The number of benzene rings is 1. The molecule has 0 bridgehead atoms. The monoisotopic (exact) mass is 251 g/mol. The van der Waals surface area contributed by atoms with Crippen molar-refractivity contribution in [3.8, 4) is 23.6 Å². The summed E-state index contributed by atoms with van der Waals surface area (Å²) < 4.78 is 1.87. The van der Waals surface area contributed by atoms with Crippen molar-refractivity contribution in [2.45, 2.75) is 32.2 Å². The van der Waals surface area contributed by atoms with E-state index in [-0.39, 0.29) is 0 Å². The van der Waals surface area contributed by atoms with Crippen LogP contribution < -0.4 is 5.73 Å². The summed E-state index contributed by atoms with van der Waals surface area (Å²) in [5, 5.41) is 0. The predicted molar refractivity (Wildman–Crippen MR) is 77.6 cm³/mol. The van der Waals surface area contributed by atoms with Gasteiger partial charge in [0.15, 0.2) is 0 Å². The second kappa shape index (κ2) is 4.47. The van der Waals surface area contributed by atoms with Crippen LogP contribution in [0.5, 0.6) is 0 Å². The highest BCUT2D eigenvalue weighted by atomic mass is 15.1. The zero-order valence-corrected chi connectivity index (χ0v) is 11.1. The summed E-state index contributed by atoms with van der Waals surface area (Å²) in [5.74, 6) is 4.88. The van der Waals surface area contributed by atoms with Crippen molar-refractivity contribution < 1.29 is 0 Å². The van der Waals surface area contributed by atoms with E-state index in [9.17, 15) is 0 Å². The van der Waals surface area contributed by atoms with Gasteiger partial charge < -0.3 is 10.3 Å². The number of imidazole rings is 1. The fraction of sp³-hybridized carbons (Fsp3) is 0.312. The fourth-order valence-electron chi connectivity index (χ4n) is 2.41. The third-order valence-electron chi connectivity index (χ3n) is 3.68. The summed E-state index contributed by atoms with van der Waals surface area (Å²) in [6.45, 7) is 2.39. The first kappa shape index (κ1) is 11.9. The van der Waals surface area contributed by atoms with Gasteiger partial charge >= 0.3 is 0 Å². The molecule has 0 aliphatic heterocycles. The van der Waals surface area contributed by atoms with Crippen LogP contribution in [0.15, 0.2) is 24.3 Å². The number of hydrogen-bond acceptors (Lipinski definition) is 2. The van der Waals surface area contributed by atoms with Gasteiger partial charge in [0.25, 0.3) is 0 Å². The average Bonchev–Trinajstić information content (AvgIpc) is 3.22. The van der Waals surface area contributed by atoms with Crippen LogP contribution in [0.4, 0.5) is 5.82 Å². The van der Waals surface area contributed by atoms with Crippen LogP contribution in [0.2, 0.25) is 0 Å². The molecule has 2 N–H and O–H groups in total. The minimum atomic E-state index is 0.463. The van der Waals surface area contributed by atoms with E-state index in [0.29, 0.717) is 12.4 Å². The summed E-state index contributed by atoms with van der Waals surface area (Å²) in [6, 6.07) is 8.57. The van der Waals surface area contributed by atoms with Gasteiger partial charge in [0.2, 0.25) is 0 Å². The first-order chi connectivity index (χ1) is 9.20. The van der Waals surface area contributed by atoms with Crippen molar-refractivity contribution >= 4 is 5.82 Å². The van der Waals surface area contributed by atoms with Gasteiger partial charge in [0.1, 0.15) is 17.3 Å². The molecule has 1 saturated carbocycles. The lowest BCUT2D eigenvalue weighted by atomic mass is 10.1. The molecule has 0 amide bonds. The van der Waals surface area contributed by atoms with Crippen LogP contribution in [0.25, 0.3) is 11.3 Å². The van der Waals surface area contributed by atoms with Crippen molar-refractivity contribution in [1.29, 1.82) is 0 Å². The molecule has 3 rings (SSSR count). The molecule has 1 fully saturated rings. The van der Waals surface area contributed by atoms with Crippen LogP contribution in [0.1, 0.15) is 30.1 Å². The Morgan fingerprint density at radius 1 is 1.37 bits per heavy atom. The average molecular weight is 251 g/mol. The summed E-state index contributed by atoms with van der Waals surface area (Å²) >= 11 is 0. The van der Waals surface area contributed by atoms with Gasteiger partial charge in [0.05, 0.1) is 6.54 Å². The number of aryl methyl sites for hydroxylation is 1. The highest BCUT2D eigenvalue weighted by Gasteiger charge is 2.23. The van der Waals surface area contributed by atoms with Crippen LogP contribution >= 0.6 is 0 Å². The number of nitrogen functional groups attached to an aromatic ring is 1. The zero-order valence-electron chi connectivity index (χ0n) is 11.1. The molecule has 96 valence electrons. The van der Waals surface area contributed by atoms with E-state index in [1.165, 1.54) is 18.4 Å². The van der Waals surface area contributed by atoms with Gasteiger partial charge in [-0.1, -0.05) is 30.2 Å². The van der Waals surface area contributed by atoms with E-state index in [4.69, 9.17) is 12.2 Å². The largest absolute Gasteiger partial charge is 0.383 e. The SMILES string of the molecule is C#CCn1c(C)nc(-c2ccc(C3CC3)cc2)c1N. The van der Waals surface area contributed by atoms with Gasteiger partial charge in [0, 0.05) is 5.56 Å². The smallest absolute Gasteiger partial charge is 0.132 e. The highest BCUT2D eigenvalue weighted by Crippen LogP contribution is 2.40. The van der Waals surface area contributed by atoms with Crippen LogP contribution in [-0.2, 0) is 6.54 Å². The summed E-state index contributed by atoms with van der Waals surface area (Å²) in [4.78, 5) is 4.53. The van der Waals surface area contributed by atoms with Crippen molar-refractivity contribution in [1.82, 2.24) is 9.55 Å². The molecule has 3 heteroatoms. The molecule has 0 atom stereocenters. The second-order valence-corrected chi connectivity index (χ2v) is 5.08. The van der Waals surface area contributed by atoms with Crippen molar-refractivity contribution in [3.05, 3.63) is 35.7 Å². The molecular weight excluding hydrogens is 234 g/mol. The Morgan fingerprint density at radius 2 is 2.05 bits per heavy atom. The molecule has 1 aromatic carbocycles. The molecule has 1 aromatic heterocycles. The maximum absolute atomic E-state index is 6.14. The maximum Gasteiger partial charge on any atom is 0.132 e. The number of nitrogens with two attached hydrogens (primary N) is 1. The quantitative estimate of drug-likeness (QED) is 0.852. The van der Waals surface area contributed by atoms with Gasteiger partial charge in [-0.15, -0.1) is 6.42 Å². The van der Waals surface area contributed by atoms with Gasteiger partial charge in [-0.25, -0.2) is 4.98 Å². The molecule has 0 saturated heterocycles. The lowest BCUT2D eigenvalue weighted by molar-refractivity contribution is 0.807. The summed E-state index contributed by atoms with van der Waals surface area (Å²) in [7, 11) is 0. The van der Waals surface area contributed by atoms with Crippen molar-refractivity contribution in [3.63, 3.8) is 0 Å². The summed E-state index contributed by atoms with van der Waals surface area (Å²) in [6.07, 6.45) is 7.99. The molecule has 1 aliphatic carbocycles. The van der Waals surface area contributed by atoms with Crippen LogP contribution in [0, 0.1) is 19.3 Å². The normalized spacial score (nSPS) is 14.3. The van der Waals surface area contributed by atoms with Crippen molar-refractivity contribution in [2.75, 3.05) is 5.73 Å². The molecule has 0 unspecified atom stereocenters. The number of hydrogen-bond donors (Lipinski definition) is 1. The predicted octanol–water partition coefficient (Wildman–Crippen LogP) is 2.95. The van der Waals surface area contributed by atoms with E-state index in [1.807, 2.05) is 11.5 Å². The molecule has 19 heavy (non-hydrogen) atoms. The first-order valence-corrected chi connectivity index (χ1v) is 6.57. The van der Waals surface area contributed by atoms with E-state index < -0.39 is 0 Å². The third-order valence-corrected chi connectivity index (χ3v) is 3.68. The number of rotatable bonds is 3. The summed E-state index contributed by atoms with van der Waals surface area (Å²) in [5.41, 5.74) is 9.44. The Labute approximate surface area is 113 Å². The van der Waals surface area contributed by atoms with E-state index in [2.05, 4.69) is 35.2 Å². The van der Waals surface area contributed by atoms with Crippen LogP contribution in [-0.4, -0.2) is 9.55 Å². The lowest BCUT2D eigenvalue weighted by Crippen LogP contribution is -2.03. The van der Waals surface area contributed by atoms with E-state index in [1.54, 1.807) is 0 Å². The van der Waals surface area contributed by atoms with Gasteiger partial charge in [-0.3, -0.25) is 0 Å². The molecule has 1 aliphatic rings. The minimum absolute atomic E-state index is 0.463. The van der Waals surface area contributed by atoms with Gasteiger partial charge in [-0.2, -0.15) is 0 Å². The molecule has 0 radical (unpaired) electrons. The maximum atomic E-state index is 6.14. The Hall–Kier alpha value is -2.21. The van der Waals surface area contributed by atoms with Gasteiger partial charge in [-0.05, 0) is 31.2 Å². The number of aromatic nitrogens is 2. The van der Waals surface area contributed by atoms with Crippen LogP contribution in [0.3, 0.4) is 0 Å². The number of nitrogens with zero attached hydrogens (tertiary/aromatic N) is 2. The molecule has 2 aromatic rings. The third kappa shape index (κ3) is 2.10. The topological polar surface area (TPSA) is 43.8 Å². The lowest BCUT2D eigenvalue weighted by Gasteiger charge is -2.04. The Balaban J connectivity index is 1.97. The molecule has 0 spiro atoms. The molecular formula is C16H17N3. The fourth-order valence-corrected chi connectivity index (χ4v) is 2.41. The Bertz CT molecular complexity index is 640. The van der Waals surface area contributed by atoms with E-state index in [0.717, 1.165) is 23.0 Å². The molecule has 1 heterocycles. The zero-order chi connectivity index (χ0) is 13.4. The minimum Gasteiger partial charge on any atom is -0.383 e. The first-order valence-electron chi connectivity index (χ1n) is 6.57. The Morgan fingerprint density at radius 3 is 2.63 bits per heavy atom.